The predicted molar refractivity (Wildman–Crippen MR) is 74.5 cm³/mol. The first kappa shape index (κ1) is 12.9. The van der Waals surface area contributed by atoms with Crippen molar-refractivity contribution in [3.8, 4) is 0 Å². The summed E-state index contributed by atoms with van der Waals surface area (Å²) in [6.45, 7) is 2.71. The van der Waals surface area contributed by atoms with E-state index >= 15 is 0 Å². The Kier molecular flexibility index (Phi) is 3.86. The van der Waals surface area contributed by atoms with Gasteiger partial charge >= 0.3 is 0 Å². The van der Waals surface area contributed by atoms with Crippen LogP contribution in [0.5, 0.6) is 0 Å². The smallest absolute Gasteiger partial charge is 0.273 e. The number of pyridine rings is 1. The summed E-state index contributed by atoms with van der Waals surface area (Å²) in [6, 6.07) is 3.70. The summed E-state index contributed by atoms with van der Waals surface area (Å²) < 4.78 is 2.50. The molecule has 3 N–H and O–H groups in total. The van der Waals surface area contributed by atoms with Gasteiger partial charge in [-0.15, -0.1) is 0 Å². The number of nitrogens with one attached hydrogen (secondary N) is 1. The lowest BCUT2D eigenvalue weighted by Gasteiger charge is -2.02. The number of amides is 1. The van der Waals surface area contributed by atoms with Crippen LogP contribution in [0.25, 0.3) is 5.65 Å². The quantitative estimate of drug-likeness (QED) is 0.850. The van der Waals surface area contributed by atoms with E-state index in [0.29, 0.717) is 18.0 Å². The number of nitrogens with two attached hydrogens (primary N) is 1. The third kappa shape index (κ3) is 2.33. The van der Waals surface area contributed by atoms with Crippen molar-refractivity contribution in [3.63, 3.8) is 0 Å². The first-order valence-corrected chi connectivity index (χ1v) is 6.64. The van der Waals surface area contributed by atoms with Crippen LogP contribution >= 0.6 is 15.9 Å². The van der Waals surface area contributed by atoms with Gasteiger partial charge in [-0.2, -0.15) is 0 Å². The van der Waals surface area contributed by atoms with Gasteiger partial charge in [0.25, 0.3) is 5.91 Å². The van der Waals surface area contributed by atoms with Gasteiger partial charge in [0, 0.05) is 12.7 Å². The highest BCUT2D eigenvalue weighted by Gasteiger charge is 2.17. The van der Waals surface area contributed by atoms with Gasteiger partial charge in [-0.25, -0.2) is 4.98 Å². The van der Waals surface area contributed by atoms with E-state index in [1.165, 1.54) is 0 Å². The number of fused-ring (bicyclic) bond motifs is 1. The van der Waals surface area contributed by atoms with Crippen LogP contribution in [0.4, 0.5) is 5.82 Å². The monoisotopic (exact) mass is 310 g/mol. The first-order valence-electron chi connectivity index (χ1n) is 5.85. The number of aromatic nitrogens is 2. The van der Waals surface area contributed by atoms with Crippen LogP contribution in [0.3, 0.4) is 0 Å². The van der Waals surface area contributed by atoms with Gasteiger partial charge in [0.2, 0.25) is 0 Å². The highest BCUT2D eigenvalue weighted by Crippen LogP contribution is 2.21. The summed E-state index contributed by atoms with van der Waals surface area (Å²) in [5, 5.41) is 2.81. The number of hydrogen-bond donors (Lipinski definition) is 2. The minimum atomic E-state index is -0.225. The number of imidazole rings is 1. The van der Waals surface area contributed by atoms with Gasteiger partial charge < -0.3 is 11.1 Å². The van der Waals surface area contributed by atoms with Gasteiger partial charge in [0.15, 0.2) is 11.3 Å². The van der Waals surface area contributed by atoms with E-state index in [9.17, 15) is 4.79 Å². The predicted octanol–water partition coefficient (Wildman–Crippen LogP) is 2.21. The second-order valence-corrected chi connectivity index (χ2v) is 4.86. The van der Waals surface area contributed by atoms with E-state index in [1.54, 1.807) is 10.6 Å². The van der Waals surface area contributed by atoms with Crippen LogP contribution in [-0.4, -0.2) is 21.8 Å². The number of halogens is 1. The number of hydrogen-bond acceptors (Lipinski definition) is 3. The molecule has 0 aliphatic rings. The minimum absolute atomic E-state index is 0.225. The van der Waals surface area contributed by atoms with E-state index in [4.69, 9.17) is 5.73 Å². The third-order valence-corrected chi connectivity index (χ3v) is 3.29. The van der Waals surface area contributed by atoms with Crippen molar-refractivity contribution >= 4 is 33.3 Å². The third-order valence-electron chi connectivity index (χ3n) is 2.67. The largest absolute Gasteiger partial charge is 0.383 e. The maximum Gasteiger partial charge on any atom is 0.273 e. The van der Waals surface area contributed by atoms with Crippen molar-refractivity contribution < 1.29 is 4.79 Å². The summed E-state index contributed by atoms with van der Waals surface area (Å²) in [4.78, 5) is 16.2. The molecule has 2 aromatic rings. The molecule has 0 bridgehead atoms. The van der Waals surface area contributed by atoms with E-state index in [1.807, 2.05) is 12.1 Å². The molecule has 18 heavy (non-hydrogen) atoms. The molecule has 2 rings (SSSR count). The lowest BCUT2D eigenvalue weighted by molar-refractivity contribution is 0.0950. The average Bonchev–Trinajstić information content (AvgIpc) is 2.69. The zero-order valence-electron chi connectivity index (χ0n) is 10.1. The zero-order valence-corrected chi connectivity index (χ0v) is 11.7. The molecule has 5 nitrogen and oxygen atoms in total. The lowest BCUT2D eigenvalue weighted by Crippen LogP contribution is -2.25. The second-order valence-electron chi connectivity index (χ2n) is 4.00. The fourth-order valence-corrected chi connectivity index (χ4v) is 2.11. The highest BCUT2D eigenvalue weighted by atomic mass is 79.9. The van der Waals surface area contributed by atoms with Crippen LogP contribution in [0, 0.1) is 0 Å². The molecule has 0 aromatic carbocycles. The molecule has 2 aromatic heterocycles. The number of rotatable bonds is 4. The van der Waals surface area contributed by atoms with E-state index in [2.05, 4.69) is 33.2 Å². The molecule has 0 saturated heterocycles. The van der Waals surface area contributed by atoms with Gasteiger partial charge in [0.05, 0.1) is 4.47 Å². The number of anilines is 1. The number of nitrogen functional groups attached to an aromatic ring is 1. The SMILES string of the molecule is CCCCNC(=O)c1nc2c(Br)cccn2c1N. The van der Waals surface area contributed by atoms with Crippen LogP contribution in [-0.2, 0) is 0 Å². The van der Waals surface area contributed by atoms with Gasteiger partial charge in [0.1, 0.15) is 5.82 Å². The fourth-order valence-electron chi connectivity index (χ4n) is 1.68. The number of carbonyl (C=O) groups excluding carboxylic acids is 1. The summed E-state index contributed by atoms with van der Waals surface area (Å²) >= 11 is 3.39. The average molecular weight is 311 g/mol. The Hall–Kier alpha value is -1.56. The van der Waals surface area contributed by atoms with Gasteiger partial charge in [-0.3, -0.25) is 9.20 Å². The number of nitrogens with zero attached hydrogens (tertiary/aromatic N) is 2. The lowest BCUT2D eigenvalue weighted by atomic mass is 10.3. The zero-order chi connectivity index (χ0) is 13.1. The molecule has 96 valence electrons. The molecule has 1 amide bonds. The Morgan fingerprint density at radius 3 is 3.06 bits per heavy atom. The maximum atomic E-state index is 11.9. The van der Waals surface area contributed by atoms with Gasteiger partial charge in [-0.05, 0) is 34.5 Å². The van der Waals surface area contributed by atoms with Crippen molar-refractivity contribution in [3.05, 3.63) is 28.5 Å². The molecule has 2 heterocycles. The Morgan fingerprint density at radius 2 is 2.39 bits per heavy atom. The fraction of sp³-hybridized carbons (Fsp3) is 0.333. The Labute approximate surface area is 114 Å². The highest BCUT2D eigenvalue weighted by molar-refractivity contribution is 9.10. The topological polar surface area (TPSA) is 72.4 Å². The first-order chi connectivity index (χ1) is 8.65. The van der Waals surface area contributed by atoms with Crippen molar-refractivity contribution in [1.29, 1.82) is 0 Å². The van der Waals surface area contributed by atoms with Crippen LogP contribution in [0.1, 0.15) is 30.3 Å². The standard InChI is InChI=1S/C12H15BrN4O/c1-2-3-6-15-12(18)9-10(14)17-7-4-5-8(13)11(17)16-9/h4-5,7H,2-3,6,14H2,1H3,(H,15,18). The molecule has 0 aliphatic carbocycles. The van der Waals surface area contributed by atoms with Crippen molar-refractivity contribution in [2.45, 2.75) is 19.8 Å². The summed E-state index contributed by atoms with van der Waals surface area (Å²) in [5.74, 6) is 0.136. The molecule has 0 saturated carbocycles. The maximum absolute atomic E-state index is 11.9. The molecule has 0 unspecified atom stereocenters. The van der Waals surface area contributed by atoms with Gasteiger partial charge in [-0.1, -0.05) is 13.3 Å². The van der Waals surface area contributed by atoms with Crippen molar-refractivity contribution in [2.24, 2.45) is 0 Å². The van der Waals surface area contributed by atoms with E-state index in [0.717, 1.165) is 17.3 Å². The Morgan fingerprint density at radius 1 is 1.61 bits per heavy atom. The molecular weight excluding hydrogens is 296 g/mol. The van der Waals surface area contributed by atoms with Crippen molar-refractivity contribution in [2.75, 3.05) is 12.3 Å². The van der Waals surface area contributed by atoms with E-state index in [-0.39, 0.29) is 11.6 Å². The number of unbranched alkanes of at least 4 members (excludes halogenated alkanes) is 1. The summed E-state index contributed by atoms with van der Waals surface area (Å²) in [5.41, 5.74) is 6.86. The van der Waals surface area contributed by atoms with Crippen LogP contribution < -0.4 is 11.1 Å². The molecule has 0 fully saturated rings. The second kappa shape index (κ2) is 5.39. The molecule has 0 aliphatic heterocycles. The molecule has 0 spiro atoms. The minimum Gasteiger partial charge on any atom is -0.383 e. The molecule has 6 heteroatoms. The Bertz CT molecular complexity index is 579. The van der Waals surface area contributed by atoms with E-state index < -0.39 is 0 Å². The number of carbonyl (C=O) groups is 1. The summed E-state index contributed by atoms with van der Waals surface area (Å²) in [6.07, 6.45) is 3.76. The normalized spacial score (nSPS) is 10.8. The van der Waals surface area contributed by atoms with Crippen LogP contribution in [0.2, 0.25) is 0 Å². The molecular formula is C12H15BrN4O. The molecule has 0 radical (unpaired) electrons. The van der Waals surface area contributed by atoms with Crippen molar-refractivity contribution in [1.82, 2.24) is 14.7 Å². The van der Waals surface area contributed by atoms with Crippen LogP contribution in [0.15, 0.2) is 22.8 Å². The summed E-state index contributed by atoms with van der Waals surface area (Å²) in [7, 11) is 0. The molecule has 0 atom stereocenters. The Balaban J connectivity index is 2.31.